The quantitative estimate of drug-likeness (QED) is 0.291. The van der Waals surface area contributed by atoms with E-state index in [1.165, 1.54) is 0 Å². The summed E-state index contributed by atoms with van der Waals surface area (Å²) in [6, 6.07) is 11.7. The number of esters is 1. The average molecular weight is 508 g/mol. The minimum absolute atomic E-state index is 0.0335. The standard InChI is InChI=1S/C31H41NO5/c1-6-10-24-29(34)30(4,5)20-19-28(33)37-27(26-17-16-23-13-7-8-14-25(23)32-26)18-15-21(2)11-9-12-22(3)31(24,35)36/h6-8,13-17,22,24,27,35-36H,1,9-12,18-20H2,2-5H3. The third kappa shape index (κ3) is 7.14. The molecule has 37 heavy (non-hydrogen) atoms. The summed E-state index contributed by atoms with van der Waals surface area (Å²) in [5.74, 6) is -4.38. The van der Waals surface area contributed by atoms with E-state index in [1.807, 2.05) is 43.3 Å². The molecule has 1 aliphatic heterocycles. The van der Waals surface area contributed by atoms with Crippen LogP contribution in [-0.4, -0.2) is 32.7 Å². The molecular formula is C31H41NO5. The van der Waals surface area contributed by atoms with Crippen LogP contribution in [0.5, 0.6) is 0 Å². The summed E-state index contributed by atoms with van der Waals surface area (Å²) in [5.41, 5.74) is 1.71. The van der Waals surface area contributed by atoms with Gasteiger partial charge in [-0.2, -0.15) is 0 Å². The Morgan fingerprint density at radius 3 is 2.59 bits per heavy atom. The minimum Gasteiger partial charge on any atom is -0.455 e. The van der Waals surface area contributed by atoms with E-state index >= 15 is 0 Å². The minimum atomic E-state index is -2.16. The Morgan fingerprint density at radius 1 is 1.14 bits per heavy atom. The maximum Gasteiger partial charge on any atom is 0.306 e. The van der Waals surface area contributed by atoms with Gasteiger partial charge in [-0.3, -0.25) is 9.59 Å². The smallest absolute Gasteiger partial charge is 0.306 e. The van der Waals surface area contributed by atoms with Crippen molar-refractivity contribution in [2.24, 2.45) is 17.3 Å². The third-order valence-electron chi connectivity index (χ3n) is 7.69. The van der Waals surface area contributed by atoms with Crippen molar-refractivity contribution >= 4 is 22.7 Å². The molecule has 3 unspecified atom stereocenters. The number of benzene rings is 1. The summed E-state index contributed by atoms with van der Waals surface area (Å²) < 4.78 is 5.92. The molecule has 1 aliphatic rings. The molecule has 2 heterocycles. The lowest BCUT2D eigenvalue weighted by Gasteiger charge is -2.39. The number of ether oxygens (including phenoxy) is 1. The second kappa shape index (κ2) is 12.1. The number of hydrogen-bond donors (Lipinski definition) is 2. The second-order valence-electron chi connectivity index (χ2n) is 11.1. The maximum absolute atomic E-state index is 13.5. The fourth-order valence-corrected chi connectivity index (χ4v) is 5.01. The third-order valence-corrected chi connectivity index (χ3v) is 7.69. The van der Waals surface area contributed by atoms with Gasteiger partial charge in [0, 0.05) is 29.6 Å². The van der Waals surface area contributed by atoms with Crippen LogP contribution in [0.2, 0.25) is 0 Å². The number of fused-ring (bicyclic) bond motifs is 1. The molecule has 3 rings (SSSR count). The number of ketones is 1. The maximum atomic E-state index is 13.5. The normalized spacial score (nSPS) is 25.8. The van der Waals surface area contributed by atoms with Crippen LogP contribution in [0, 0.1) is 17.3 Å². The topological polar surface area (TPSA) is 96.7 Å². The van der Waals surface area contributed by atoms with Crippen molar-refractivity contribution in [2.45, 2.75) is 84.5 Å². The summed E-state index contributed by atoms with van der Waals surface area (Å²) in [4.78, 5) is 31.3. The first-order valence-corrected chi connectivity index (χ1v) is 13.3. The summed E-state index contributed by atoms with van der Waals surface area (Å²) in [6.07, 6.45) is 6.06. The molecule has 200 valence electrons. The summed E-state index contributed by atoms with van der Waals surface area (Å²) in [7, 11) is 0. The van der Waals surface area contributed by atoms with Crippen molar-refractivity contribution in [3.05, 3.63) is 66.4 Å². The number of Topliss-reactive ketones (excluding diaryl/α,β-unsaturated/α-hetero) is 1. The van der Waals surface area contributed by atoms with E-state index in [0.717, 1.165) is 29.3 Å². The Hall–Kier alpha value is -2.83. The highest BCUT2D eigenvalue weighted by Gasteiger charge is 2.47. The molecule has 6 nitrogen and oxygen atoms in total. The average Bonchev–Trinajstić information content (AvgIpc) is 2.87. The van der Waals surface area contributed by atoms with Gasteiger partial charge >= 0.3 is 5.97 Å². The predicted octanol–water partition coefficient (Wildman–Crippen LogP) is 6.22. The molecule has 6 heteroatoms. The van der Waals surface area contributed by atoms with Crippen molar-refractivity contribution < 1.29 is 24.5 Å². The van der Waals surface area contributed by atoms with E-state index in [0.29, 0.717) is 18.5 Å². The van der Waals surface area contributed by atoms with E-state index in [2.05, 4.69) is 12.7 Å². The first-order valence-electron chi connectivity index (χ1n) is 13.3. The zero-order valence-electron chi connectivity index (χ0n) is 22.6. The monoisotopic (exact) mass is 507 g/mol. The highest BCUT2D eigenvalue weighted by atomic mass is 16.5. The van der Waals surface area contributed by atoms with Crippen LogP contribution in [0.4, 0.5) is 0 Å². The van der Waals surface area contributed by atoms with Gasteiger partial charge < -0.3 is 14.9 Å². The molecular weight excluding hydrogens is 466 g/mol. The van der Waals surface area contributed by atoms with Gasteiger partial charge in [-0.25, -0.2) is 4.98 Å². The van der Waals surface area contributed by atoms with Crippen LogP contribution in [0.25, 0.3) is 10.9 Å². The van der Waals surface area contributed by atoms with E-state index in [9.17, 15) is 19.8 Å². The zero-order valence-corrected chi connectivity index (χ0v) is 22.6. The number of pyridine rings is 1. The molecule has 1 aromatic heterocycles. The molecule has 0 radical (unpaired) electrons. The van der Waals surface area contributed by atoms with E-state index in [1.54, 1.807) is 26.8 Å². The first-order chi connectivity index (χ1) is 17.5. The van der Waals surface area contributed by atoms with Crippen LogP contribution in [0.15, 0.2) is 60.7 Å². The Labute approximate surface area is 220 Å². The fourth-order valence-electron chi connectivity index (χ4n) is 5.01. The molecule has 0 spiro atoms. The second-order valence-corrected chi connectivity index (χ2v) is 11.1. The Morgan fingerprint density at radius 2 is 1.86 bits per heavy atom. The van der Waals surface area contributed by atoms with Gasteiger partial charge in [0.1, 0.15) is 11.9 Å². The number of allylic oxidation sites excluding steroid dienone is 2. The molecule has 0 aliphatic carbocycles. The summed E-state index contributed by atoms with van der Waals surface area (Å²) >= 11 is 0. The lowest BCUT2D eigenvalue weighted by molar-refractivity contribution is -0.233. The molecule has 0 bridgehead atoms. The van der Waals surface area contributed by atoms with Gasteiger partial charge in [0.2, 0.25) is 0 Å². The van der Waals surface area contributed by atoms with Crippen LogP contribution < -0.4 is 0 Å². The molecule has 3 atom stereocenters. The van der Waals surface area contributed by atoms with E-state index in [-0.39, 0.29) is 25.0 Å². The number of para-hydroxylation sites is 1. The van der Waals surface area contributed by atoms with Crippen LogP contribution in [0.3, 0.4) is 0 Å². The number of carbonyl (C=O) groups is 2. The Balaban J connectivity index is 1.92. The molecule has 0 amide bonds. The lowest BCUT2D eigenvalue weighted by Crippen LogP contribution is -2.50. The molecule has 1 aromatic carbocycles. The molecule has 0 saturated carbocycles. The van der Waals surface area contributed by atoms with Gasteiger partial charge in [0.05, 0.1) is 17.1 Å². The van der Waals surface area contributed by atoms with Crippen molar-refractivity contribution in [1.82, 2.24) is 4.98 Å². The van der Waals surface area contributed by atoms with Gasteiger partial charge in [0.25, 0.3) is 0 Å². The van der Waals surface area contributed by atoms with Gasteiger partial charge in [-0.15, -0.1) is 6.58 Å². The van der Waals surface area contributed by atoms with Crippen LogP contribution in [0.1, 0.15) is 84.4 Å². The molecule has 0 fully saturated rings. The van der Waals surface area contributed by atoms with Crippen molar-refractivity contribution in [3.63, 3.8) is 0 Å². The Bertz CT molecular complexity index is 1150. The molecule has 0 saturated heterocycles. The number of cyclic esters (lactones) is 1. The SMILES string of the molecule is C=CCC1C(=O)C(C)(C)CCC(=O)OC(c2ccc3ccccc3n2)CC=C(C)CCCC(C)C1(O)O. The number of aromatic nitrogens is 1. The van der Waals surface area contributed by atoms with E-state index in [4.69, 9.17) is 9.72 Å². The summed E-state index contributed by atoms with van der Waals surface area (Å²) in [5, 5.41) is 23.2. The number of aliphatic hydroxyl groups is 2. The fraction of sp³-hybridized carbons (Fsp3) is 0.516. The highest BCUT2D eigenvalue weighted by molar-refractivity contribution is 5.88. The van der Waals surface area contributed by atoms with Crippen molar-refractivity contribution in [1.29, 1.82) is 0 Å². The van der Waals surface area contributed by atoms with Crippen molar-refractivity contribution in [2.75, 3.05) is 0 Å². The van der Waals surface area contributed by atoms with Crippen LogP contribution in [-0.2, 0) is 14.3 Å². The number of hydrogen-bond acceptors (Lipinski definition) is 6. The number of nitrogens with zero attached hydrogens (tertiary/aromatic N) is 1. The number of rotatable bonds is 3. The van der Waals surface area contributed by atoms with Gasteiger partial charge in [-0.05, 0) is 51.2 Å². The number of carbonyl (C=O) groups excluding carboxylic acids is 2. The van der Waals surface area contributed by atoms with Gasteiger partial charge in [-0.1, -0.05) is 62.8 Å². The summed E-state index contributed by atoms with van der Waals surface area (Å²) in [6.45, 7) is 11.0. The van der Waals surface area contributed by atoms with Crippen molar-refractivity contribution in [3.8, 4) is 0 Å². The van der Waals surface area contributed by atoms with E-state index < -0.39 is 35.1 Å². The highest BCUT2D eigenvalue weighted by Crippen LogP contribution is 2.38. The van der Waals surface area contributed by atoms with Crippen LogP contribution >= 0.6 is 0 Å². The first kappa shape index (κ1) is 28.7. The molecule has 2 N–H and O–H groups in total. The van der Waals surface area contributed by atoms with Gasteiger partial charge in [0.15, 0.2) is 5.79 Å². The largest absolute Gasteiger partial charge is 0.455 e. The lowest BCUT2D eigenvalue weighted by atomic mass is 9.71. The molecule has 2 aromatic rings. The predicted molar refractivity (Wildman–Crippen MR) is 145 cm³/mol. The Kier molecular flexibility index (Phi) is 9.43. The zero-order chi connectivity index (χ0) is 27.2.